The number of anilines is 3. The first kappa shape index (κ1) is 39.4. The number of aromatic nitrogens is 10. The quantitative estimate of drug-likeness (QED) is 0.0755. The number of nitrogens with two attached hydrogens (primary N) is 2. The van der Waals surface area contributed by atoms with Gasteiger partial charge in [0.1, 0.15) is 40.2 Å². The Morgan fingerprint density at radius 2 is 1.25 bits per heavy atom. The average Bonchev–Trinajstić information content (AvgIpc) is 3.83. The van der Waals surface area contributed by atoms with E-state index in [4.69, 9.17) is 11.5 Å². The summed E-state index contributed by atoms with van der Waals surface area (Å²) >= 11 is 1.45. The van der Waals surface area contributed by atoms with Gasteiger partial charge in [0.25, 0.3) is 0 Å². The van der Waals surface area contributed by atoms with Crippen LogP contribution < -0.4 is 16.8 Å². The number of halogens is 4. The highest BCUT2D eigenvalue weighted by molar-refractivity contribution is 7.98. The molecule has 0 fully saturated rings. The Morgan fingerprint density at radius 3 is 1.87 bits per heavy atom. The number of thioether (sulfide) groups is 1. The van der Waals surface area contributed by atoms with Gasteiger partial charge in [-0.25, -0.2) is 34.3 Å². The highest BCUT2D eigenvalue weighted by atomic mass is 32.2. The Bertz CT molecular complexity index is 2950. The fourth-order valence-electron chi connectivity index (χ4n) is 6.38. The summed E-state index contributed by atoms with van der Waals surface area (Å²) in [5.74, 6) is 1.39. The van der Waals surface area contributed by atoms with Crippen molar-refractivity contribution in [3.8, 4) is 45.3 Å². The van der Waals surface area contributed by atoms with E-state index in [1.807, 2.05) is 54.0 Å². The van der Waals surface area contributed by atoms with Crippen LogP contribution in [0.2, 0.25) is 0 Å². The van der Waals surface area contributed by atoms with Crippen LogP contribution in [0.1, 0.15) is 24.1 Å². The van der Waals surface area contributed by atoms with Crippen molar-refractivity contribution in [3.05, 3.63) is 145 Å². The highest BCUT2D eigenvalue weighted by Crippen LogP contribution is 2.37. The molecular formula is C42H33F4N13S. The number of rotatable bonds is 8. The number of nitrogens with one attached hydrogen (secondary N) is 1. The van der Waals surface area contributed by atoms with E-state index >= 15 is 0 Å². The van der Waals surface area contributed by atoms with Gasteiger partial charge in [0.15, 0.2) is 5.16 Å². The van der Waals surface area contributed by atoms with Crippen molar-refractivity contribution >= 4 is 40.9 Å². The van der Waals surface area contributed by atoms with Gasteiger partial charge in [-0.3, -0.25) is 8.80 Å². The molecular weight excluding hydrogens is 795 g/mol. The van der Waals surface area contributed by atoms with Crippen LogP contribution in [-0.4, -0.2) is 54.9 Å². The van der Waals surface area contributed by atoms with Crippen LogP contribution in [0.4, 0.5) is 35.1 Å². The standard InChI is InChI=1S/C25H20F3N7.C17H13FN6S/c1-15(16-6-3-2-4-7-16)31-23-30-12-10-19(32-23)22-21(34-24-33-20(29)11-13-35(22)24)17-8-5-9-18(14-17)25(26,27)28;1-25-17-20-8-6-12(21-17)15-14(10-2-4-11(18)5-3-10)23-16-22-13(19)7-9-24(15)16/h2-15H,1H3,(H2,29,33,34)(H,30,31,32);2-9H,1H3,(H2,19,22,23)/t15-;/m0./s1. The van der Waals surface area contributed by atoms with Crippen LogP contribution in [0.3, 0.4) is 0 Å². The maximum Gasteiger partial charge on any atom is 0.416 e. The van der Waals surface area contributed by atoms with Gasteiger partial charge in [0, 0.05) is 35.9 Å². The normalized spacial score (nSPS) is 12.0. The molecule has 60 heavy (non-hydrogen) atoms. The van der Waals surface area contributed by atoms with Gasteiger partial charge in [0.2, 0.25) is 17.5 Å². The molecule has 0 aliphatic heterocycles. The van der Waals surface area contributed by atoms with Crippen molar-refractivity contribution in [2.45, 2.75) is 24.3 Å². The van der Waals surface area contributed by atoms with Crippen LogP contribution in [0, 0.1) is 5.82 Å². The van der Waals surface area contributed by atoms with E-state index in [9.17, 15) is 17.6 Å². The zero-order valence-corrected chi connectivity index (χ0v) is 32.6. The molecule has 300 valence electrons. The molecule has 18 heteroatoms. The van der Waals surface area contributed by atoms with Gasteiger partial charge in [-0.15, -0.1) is 0 Å². The average molecular weight is 828 g/mol. The number of nitrogens with zero attached hydrogens (tertiary/aromatic N) is 10. The Labute approximate surface area is 343 Å². The van der Waals surface area contributed by atoms with Crippen LogP contribution in [0.25, 0.3) is 56.8 Å². The molecule has 6 heterocycles. The molecule has 0 unspecified atom stereocenters. The zero-order chi connectivity index (χ0) is 42.0. The number of fused-ring (bicyclic) bond motifs is 2. The second-order valence-corrected chi connectivity index (χ2v) is 14.0. The van der Waals surface area contributed by atoms with E-state index in [-0.39, 0.29) is 29.0 Å². The smallest absolute Gasteiger partial charge is 0.384 e. The maximum atomic E-state index is 13.4. The number of imidazole rings is 2. The number of hydrogen-bond donors (Lipinski definition) is 3. The lowest BCUT2D eigenvalue weighted by molar-refractivity contribution is -0.137. The van der Waals surface area contributed by atoms with E-state index in [1.165, 1.54) is 30.0 Å². The van der Waals surface area contributed by atoms with Gasteiger partial charge >= 0.3 is 6.18 Å². The molecule has 1 atom stereocenters. The van der Waals surface area contributed by atoms with Crippen LogP contribution >= 0.6 is 11.8 Å². The summed E-state index contributed by atoms with van der Waals surface area (Å²) in [6, 6.07) is 27.7. The minimum Gasteiger partial charge on any atom is -0.384 e. The molecule has 0 aliphatic rings. The summed E-state index contributed by atoms with van der Waals surface area (Å²) in [5, 5.41) is 3.92. The molecule has 0 radical (unpaired) electrons. The van der Waals surface area contributed by atoms with Gasteiger partial charge < -0.3 is 16.8 Å². The van der Waals surface area contributed by atoms with Crippen LogP contribution in [0.5, 0.6) is 0 Å². The van der Waals surface area contributed by atoms with Gasteiger partial charge in [-0.05, 0) is 79.4 Å². The monoisotopic (exact) mass is 827 g/mol. The largest absolute Gasteiger partial charge is 0.416 e. The SMILES string of the molecule is CSc1nccc(-c2c(-c3ccc(F)cc3)nc3nc(N)ccn23)n1.C[C@H](Nc1nccc(-c2c(-c3cccc(C(F)(F)F)c3)nc3nc(N)ccn23)n1)c1ccccc1. The Balaban J connectivity index is 0.000000176. The Hall–Kier alpha value is -7.47. The molecule has 3 aromatic carbocycles. The second-order valence-electron chi connectivity index (χ2n) is 13.2. The summed E-state index contributed by atoms with van der Waals surface area (Å²) in [6.45, 7) is 1.99. The third-order valence-corrected chi connectivity index (χ3v) is 9.78. The van der Waals surface area contributed by atoms with Gasteiger partial charge in [-0.2, -0.15) is 23.1 Å². The lowest BCUT2D eigenvalue weighted by Crippen LogP contribution is -2.09. The maximum absolute atomic E-state index is 13.4. The molecule has 13 nitrogen and oxygen atoms in total. The van der Waals surface area contributed by atoms with Gasteiger partial charge in [0.05, 0.1) is 23.0 Å². The summed E-state index contributed by atoms with van der Waals surface area (Å²) in [6.07, 6.45) is 4.18. The van der Waals surface area contributed by atoms with Crippen molar-refractivity contribution in [3.63, 3.8) is 0 Å². The van der Waals surface area contributed by atoms with Crippen molar-refractivity contribution in [1.82, 2.24) is 48.7 Å². The number of hydrogen-bond acceptors (Lipinski definition) is 12. The van der Waals surface area contributed by atoms with E-state index in [0.717, 1.165) is 29.0 Å². The summed E-state index contributed by atoms with van der Waals surface area (Å²) in [5.41, 5.74) is 16.3. The minimum absolute atomic E-state index is 0.0713. The summed E-state index contributed by atoms with van der Waals surface area (Å²) in [7, 11) is 0. The minimum atomic E-state index is -4.49. The molecule has 0 aliphatic carbocycles. The van der Waals surface area contributed by atoms with Crippen LogP contribution in [0.15, 0.2) is 133 Å². The summed E-state index contributed by atoms with van der Waals surface area (Å²) < 4.78 is 57.0. The van der Waals surface area contributed by atoms with E-state index in [2.05, 4.69) is 45.2 Å². The van der Waals surface area contributed by atoms with Crippen molar-refractivity contribution < 1.29 is 17.6 Å². The first-order valence-corrected chi connectivity index (χ1v) is 19.4. The fraction of sp³-hybridized carbons (Fsp3) is 0.0952. The molecule has 0 bridgehead atoms. The molecule has 9 rings (SSSR count). The van der Waals surface area contributed by atoms with Crippen molar-refractivity contribution in [1.29, 1.82) is 0 Å². The number of nitrogen functional groups attached to an aromatic ring is 2. The topological polar surface area (TPSA) is 176 Å². The number of benzene rings is 3. The third kappa shape index (κ3) is 8.26. The van der Waals surface area contributed by atoms with E-state index < -0.39 is 11.7 Å². The van der Waals surface area contributed by atoms with Crippen LogP contribution in [-0.2, 0) is 6.18 Å². The van der Waals surface area contributed by atoms with E-state index in [0.29, 0.717) is 51.2 Å². The van der Waals surface area contributed by atoms with Gasteiger partial charge in [-0.1, -0.05) is 54.2 Å². The first-order chi connectivity index (χ1) is 28.9. The lowest BCUT2D eigenvalue weighted by atomic mass is 10.0. The second kappa shape index (κ2) is 16.4. The Kier molecular flexibility index (Phi) is 10.8. The summed E-state index contributed by atoms with van der Waals surface area (Å²) in [4.78, 5) is 35.4. The third-order valence-electron chi connectivity index (χ3n) is 9.21. The zero-order valence-electron chi connectivity index (χ0n) is 31.7. The molecule has 0 amide bonds. The van der Waals surface area contributed by atoms with Crippen molar-refractivity contribution in [2.75, 3.05) is 23.0 Å². The number of alkyl halides is 3. The first-order valence-electron chi connectivity index (χ1n) is 18.2. The predicted molar refractivity (Wildman–Crippen MR) is 223 cm³/mol. The Morgan fingerprint density at radius 1 is 0.650 bits per heavy atom. The van der Waals surface area contributed by atoms with Crippen molar-refractivity contribution in [2.24, 2.45) is 0 Å². The predicted octanol–water partition coefficient (Wildman–Crippen LogP) is 8.92. The van der Waals surface area contributed by atoms with E-state index in [1.54, 1.807) is 65.6 Å². The lowest BCUT2D eigenvalue weighted by Gasteiger charge is -2.15. The fourth-order valence-corrected chi connectivity index (χ4v) is 6.74. The molecule has 6 aromatic heterocycles. The molecule has 0 saturated heterocycles. The molecule has 5 N–H and O–H groups in total. The molecule has 0 spiro atoms. The molecule has 0 saturated carbocycles. The highest BCUT2D eigenvalue weighted by Gasteiger charge is 2.31. The molecule has 9 aromatic rings.